The zero-order valence-corrected chi connectivity index (χ0v) is 17.3. The molecule has 0 saturated heterocycles. The fourth-order valence-electron chi connectivity index (χ4n) is 3.41. The van der Waals surface area contributed by atoms with Crippen molar-refractivity contribution in [3.8, 4) is 5.75 Å². The van der Waals surface area contributed by atoms with Gasteiger partial charge in [-0.1, -0.05) is 48.0 Å². The predicted molar refractivity (Wildman–Crippen MR) is 116 cm³/mol. The van der Waals surface area contributed by atoms with Crippen molar-refractivity contribution in [2.24, 2.45) is 0 Å². The van der Waals surface area contributed by atoms with E-state index in [2.05, 4.69) is 16.9 Å². The van der Waals surface area contributed by atoms with E-state index in [9.17, 15) is 9.59 Å². The lowest BCUT2D eigenvalue weighted by atomic mass is 10.0. The van der Waals surface area contributed by atoms with Gasteiger partial charge >= 0.3 is 11.6 Å². The average molecular weight is 423 g/mol. The van der Waals surface area contributed by atoms with Gasteiger partial charge in [0.2, 0.25) is 0 Å². The Morgan fingerprint density at radius 2 is 1.83 bits per heavy atom. The lowest BCUT2D eigenvalue weighted by Gasteiger charge is -2.12. The molecule has 1 heterocycles. The van der Waals surface area contributed by atoms with E-state index in [4.69, 9.17) is 20.8 Å². The molecular formula is C24H19ClO5. The quantitative estimate of drug-likeness (QED) is 0.326. The number of carbonyl (C=O) groups is 1. The minimum atomic E-state index is -0.576. The molecule has 30 heavy (non-hydrogen) atoms. The minimum Gasteiger partial charge on any atom is -0.487 e. The highest BCUT2D eigenvalue weighted by atomic mass is 35.5. The summed E-state index contributed by atoms with van der Waals surface area (Å²) in [5.41, 5.74) is 1.66. The van der Waals surface area contributed by atoms with Crippen molar-refractivity contribution in [1.29, 1.82) is 0 Å². The number of rotatable bonds is 5. The first-order valence-electron chi connectivity index (χ1n) is 9.39. The SMILES string of the molecule is COC(=O)Cc1c(C)c2cc(Cl)c(OCc3ccc4ccccc4c3)cc2oc1=O. The maximum absolute atomic E-state index is 12.4. The highest BCUT2D eigenvalue weighted by molar-refractivity contribution is 6.32. The van der Waals surface area contributed by atoms with Crippen LogP contribution in [0.25, 0.3) is 21.7 Å². The monoisotopic (exact) mass is 422 g/mol. The van der Waals surface area contributed by atoms with Crippen molar-refractivity contribution in [2.75, 3.05) is 7.11 Å². The molecule has 0 aliphatic carbocycles. The number of hydrogen-bond donors (Lipinski definition) is 0. The Bertz CT molecular complexity index is 1320. The van der Waals surface area contributed by atoms with Gasteiger partial charge in [0.1, 0.15) is 17.9 Å². The molecule has 4 rings (SSSR count). The fraction of sp³-hybridized carbons (Fsp3) is 0.167. The summed E-state index contributed by atoms with van der Waals surface area (Å²) in [6, 6.07) is 17.5. The molecule has 1 aromatic heterocycles. The zero-order chi connectivity index (χ0) is 21.3. The van der Waals surface area contributed by atoms with Gasteiger partial charge in [0.25, 0.3) is 0 Å². The molecule has 4 aromatic rings. The lowest BCUT2D eigenvalue weighted by Crippen LogP contribution is -2.16. The Labute approximate surface area is 177 Å². The van der Waals surface area contributed by atoms with Crippen molar-refractivity contribution in [2.45, 2.75) is 20.0 Å². The Morgan fingerprint density at radius 1 is 1.07 bits per heavy atom. The molecule has 0 aliphatic rings. The average Bonchev–Trinajstić information content (AvgIpc) is 2.75. The first kappa shape index (κ1) is 20.0. The van der Waals surface area contributed by atoms with Crippen LogP contribution in [-0.4, -0.2) is 13.1 Å². The van der Waals surface area contributed by atoms with Gasteiger partial charge in [0.15, 0.2) is 0 Å². The highest BCUT2D eigenvalue weighted by Gasteiger charge is 2.17. The molecule has 0 amide bonds. The van der Waals surface area contributed by atoms with Crippen molar-refractivity contribution in [3.63, 3.8) is 0 Å². The van der Waals surface area contributed by atoms with Gasteiger partial charge in [-0.3, -0.25) is 4.79 Å². The molecule has 0 fully saturated rings. The van der Waals surface area contributed by atoms with Crippen LogP contribution in [0.5, 0.6) is 5.75 Å². The van der Waals surface area contributed by atoms with Gasteiger partial charge in [-0.25, -0.2) is 4.79 Å². The summed E-state index contributed by atoms with van der Waals surface area (Å²) >= 11 is 6.43. The predicted octanol–water partition coefficient (Wildman–Crippen LogP) is 5.20. The van der Waals surface area contributed by atoms with Crippen molar-refractivity contribution < 1.29 is 18.7 Å². The van der Waals surface area contributed by atoms with Crippen molar-refractivity contribution >= 4 is 39.3 Å². The summed E-state index contributed by atoms with van der Waals surface area (Å²) in [4.78, 5) is 24.0. The number of fused-ring (bicyclic) bond motifs is 2. The Morgan fingerprint density at radius 3 is 2.60 bits per heavy atom. The highest BCUT2D eigenvalue weighted by Crippen LogP contribution is 2.32. The number of aryl methyl sites for hydroxylation is 1. The number of hydrogen-bond acceptors (Lipinski definition) is 5. The summed E-state index contributed by atoms with van der Waals surface area (Å²) in [5.74, 6) is -0.0909. The van der Waals surface area contributed by atoms with Crippen LogP contribution < -0.4 is 10.4 Å². The Kier molecular flexibility index (Phi) is 5.46. The fourth-order valence-corrected chi connectivity index (χ4v) is 3.63. The lowest BCUT2D eigenvalue weighted by molar-refractivity contribution is -0.139. The van der Waals surface area contributed by atoms with E-state index in [1.807, 2.05) is 30.3 Å². The minimum absolute atomic E-state index is 0.154. The van der Waals surface area contributed by atoms with E-state index in [0.29, 0.717) is 33.9 Å². The summed E-state index contributed by atoms with van der Waals surface area (Å²) in [6.45, 7) is 2.07. The Balaban J connectivity index is 1.64. The van der Waals surface area contributed by atoms with E-state index in [0.717, 1.165) is 16.3 Å². The van der Waals surface area contributed by atoms with Crippen LogP contribution in [0, 0.1) is 6.92 Å². The van der Waals surface area contributed by atoms with Crippen LogP contribution in [-0.2, 0) is 22.6 Å². The molecule has 0 aliphatic heterocycles. The molecule has 0 saturated carbocycles. The number of ether oxygens (including phenoxy) is 2. The number of benzene rings is 3. The number of methoxy groups -OCH3 is 1. The summed E-state index contributed by atoms with van der Waals surface area (Å²) in [6.07, 6.45) is -0.154. The molecule has 5 nitrogen and oxygen atoms in total. The normalized spacial score (nSPS) is 11.0. The summed E-state index contributed by atoms with van der Waals surface area (Å²) in [5, 5.41) is 3.33. The van der Waals surface area contributed by atoms with Crippen LogP contribution in [0.15, 0.2) is 63.8 Å². The van der Waals surface area contributed by atoms with Gasteiger partial charge < -0.3 is 13.9 Å². The van der Waals surface area contributed by atoms with E-state index >= 15 is 0 Å². The zero-order valence-electron chi connectivity index (χ0n) is 16.5. The maximum atomic E-state index is 12.4. The van der Waals surface area contributed by atoms with Crippen LogP contribution in [0.1, 0.15) is 16.7 Å². The largest absolute Gasteiger partial charge is 0.487 e. The van der Waals surface area contributed by atoms with Crippen molar-refractivity contribution in [1.82, 2.24) is 0 Å². The van der Waals surface area contributed by atoms with Crippen molar-refractivity contribution in [3.05, 3.63) is 86.7 Å². The van der Waals surface area contributed by atoms with Gasteiger partial charge in [-0.2, -0.15) is 0 Å². The second-order valence-corrected chi connectivity index (χ2v) is 7.40. The van der Waals surface area contributed by atoms with E-state index in [1.54, 1.807) is 19.1 Å². The number of carbonyl (C=O) groups excluding carboxylic acids is 1. The van der Waals surface area contributed by atoms with Gasteiger partial charge in [0, 0.05) is 11.5 Å². The molecule has 152 valence electrons. The molecule has 0 bridgehead atoms. The Hall–Kier alpha value is -3.31. The smallest absolute Gasteiger partial charge is 0.340 e. The first-order valence-corrected chi connectivity index (χ1v) is 9.77. The third-order valence-corrected chi connectivity index (χ3v) is 5.39. The van der Waals surface area contributed by atoms with E-state index in [1.165, 1.54) is 7.11 Å². The number of halogens is 1. The first-order chi connectivity index (χ1) is 14.5. The summed E-state index contributed by atoms with van der Waals surface area (Å²) < 4.78 is 16.0. The molecule has 0 radical (unpaired) electrons. The van der Waals surface area contributed by atoms with Crippen LogP contribution in [0.3, 0.4) is 0 Å². The standard InChI is InChI=1S/C24H19ClO5/c1-14-18-10-20(25)22(12-21(18)30-24(27)19(14)11-23(26)28-2)29-13-15-7-8-16-5-3-4-6-17(16)9-15/h3-10,12H,11,13H2,1-2H3. The van der Waals surface area contributed by atoms with E-state index < -0.39 is 11.6 Å². The second-order valence-electron chi connectivity index (χ2n) is 6.99. The molecule has 0 spiro atoms. The van der Waals surface area contributed by atoms with Gasteiger partial charge in [-0.05, 0) is 41.0 Å². The molecule has 6 heteroatoms. The molecular weight excluding hydrogens is 404 g/mol. The molecule has 0 unspecified atom stereocenters. The summed E-state index contributed by atoms with van der Waals surface area (Å²) in [7, 11) is 1.27. The topological polar surface area (TPSA) is 65.7 Å². The number of esters is 1. The third kappa shape index (κ3) is 3.89. The molecule has 3 aromatic carbocycles. The van der Waals surface area contributed by atoms with Crippen LogP contribution in [0.4, 0.5) is 0 Å². The maximum Gasteiger partial charge on any atom is 0.340 e. The van der Waals surface area contributed by atoms with Gasteiger partial charge in [-0.15, -0.1) is 0 Å². The van der Waals surface area contributed by atoms with Crippen LogP contribution >= 0.6 is 11.6 Å². The van der Waals surface area contributed by atoms with E-state index in [-0.39, 0.29) is 12.0 Å². The molecule has 0 atom stereocenters. The molecule has 0 N–H and O–H groups in total. The second kappa shape index (κ2) is 8.20. The third-order valence-electron chi connectivity index (χ3n) is 5.10. The van der Waals surface area contributed by atoms with Crippen LogP contribution in [0.2, 0.25) is 5.02 Å². The van der Waals surface area contributed by atoms with Gasteiger partial charge in [0.05, 0.1) is 24.1 Å².